The summed E-state index contributed by atoms with van der Waals surface area (Å²) in [5, 5.41) is 7.05. The van der Waals surface area contributed by atoms with E-state index in [-0.39, 0.29) is 11.9 Å². The minimum atomic E-state index is -0.0186. The summed E-state index contributed by atoms with van der Waals surface area (Å²) in [5.41, 5.74) is 8.33. The van der Waals surface area contributed by atoms with Gasteiger partial charge in [-0.2, -0.15) is 5.10 Å². The fourth-order valence-electron chi connectivity index (χ4n) is 3.67. The molecule has 6 nitrogen and oxygen atoms in total. The molecule has 2 unspecified atom stereocenters. The van der Waals surface area contributed by atoms with Gasteiger partial charge in [-0.3, -0.25) is 4.79 Å². The van der Waals surface area contributed by atoms with Gasteiger partial charge in [0.1, 0.15) is 10.7 Å². The fourth-order valence-corrected chi connectivity index (χ4v) is 4.44. The van der Waals surface area contributed by atoms with Gasteiger partial charge in [0.05, 0.1) is 11.9 Å². The normalized spacial score (nSPS) is 20.0. The number of aromatic nitrogens is 3. The number of piperidine rings is 1. The molecule has 2 N–H and O–H groups in total. The van der Waals surface area contributed by atoms with E-state index < -0.39 is 0 Å². The molecule has 7 heteroatoms. The van der Waals surface area contributed by atoms with Gasteiger partial charge in [0, 0.05) is 36.3 Å². The zero-order valence-electron chi connectivity index (χ0n) is 15.3. The molecule has 27 heavy (non-hydrogen) atoms. The number of carbonyl (C=O) groups is 1. The summed E-state index contributed by atoms with van der Waals surface area (Å²) in [5.74, 6) is 0.407. The summed E-state index contributed by atoms with van der Waals surface area (Å²) in [6, 6.07) is 10.0. The molecule has 1 amide bonds. The largest absolute Gasteiger partial charge is 0.333 e. The molecule has 0 aliphatic carbocycles. The number of amides is 1. The second-order valence-corrected chi connectivity index (χ2v) is 7.83. The summed E-state index contributed by atoms with van der Waals surface area (Å²) < 4.78 is 1.81. The van der Waals surface area contributed by atoms with E-state index in [1.54, 1.807) is 6.20 Å². The van der Waals surface area contributed by atoms with Crippen LogP contribution in [0.5, 0.6) is 0 Å². The molecule has 0 saturated carbocycles. The molecule has 1 aromatic carbocycles. The van der Waals surface area contributed by atoms with Crippen molar-refractivity contribution in [1.29, 1.82) is 0 Å². The third-order valence-electron chi connectivity index (χ3n) is 5.19. The molecule has 1 aliphatic heterocycles. The molecule has 1 aliphatic rings. The second kappa shape index (κ2) is 7.62. The third kappa shape index (κ3) is 3.52. The number of likely N-dealkylation sites (tertiary alicyclic amines) is 1. The first-order chi connectivity index (χ1) is 13.2. The number of rotatable bonds is 4. The summed E-state index contributed by atoms with van der Waals surface area (Å²) in [6.07, 6.45) is 5.86. The Morgan fingerprint density at radius 1 is 1.33 bits per heavy atom. The lowest BCUT2D eigenvalue weighted by atomic mass is 9.90. The maximum atomic E-state index is 13.0. The Morgan fingerprint density at radius 3 is 2.93 bits per heavy atom. The Morgan fingerprint density at radius 2 is 2.15 bits per heavy atom. The molecule has 0 radical (unpaired) electrons. The van der Waals surface area contributed by atoms with Crippen LogP contribution in [0.2, 0.25) is 0 Å². The Kier molecular flexibility index (Phi) is 5.05. The van der Waals surface area contributed by atoms with Crippen molar-refractivity contribution in [3.05, 3.63) is 53.8 Å². The number of hydrogen-bond donors (Lipinski definition) is 1. The van der Waals surface area contributed by atoms with Gasteiger partial charge in [0.2, 0.25) is 0 Å². The Labute approximate surface area is 162 Å². The SMILES string of the molecule is CC1CCCN(C(=O)c2csc(-c3cnn(-c4ccccc4)c3)n2)C1CN. The lowest BCUT2D eigenvalue weighted by Gasteiger charge is -2.39. The minimum Gasteiger partial charge on any atom is -0.333 e. The Bertz CT molecular complexity index is 919. The monoisotopic (exact) mass is 381 g/mol. The van der Waals surface area contributed by atoms with Crippen LogP contribution in [0, 0.1) is 5.92 Å². The lowest BCUT2D eigenvalue weighted by molar-refractivity contribution is 0.0527. The molecule has 2 aromatic heterocycles. The van der Waals surface area contributed by atoms with E-state index in [1.165, 1.54) is 11.3 Å². The van der Waals surface area contributed by atoms with Crippen LogP contribution < -0.4 is 5.73 Å². The van der Waals surface area contributed by atoms with Gasteiger partial charge in [-0.15, -0.1) is 11.3 Å². The average Bonchev–Trinajstić information content (AvgIpc) is 3.37. The molecule has 3 aromatic rings. The van der Waals surface area contributed by atoms with E-state index in [2.05, 4.69) is 17.0 Å². The van der Waals surface area contributed by atoms with Crippen LogP contribution in [-0.2, 0) is 0 Å². The van der Waals surface area contributed by atoms with Gasteiger partial charge in [0.15, 0.2) is 0 Å². The van der Waals surface area contributed by atoms with Gasteiger partial charge >= 0.3 is 0 Å². The predicted octanol–water partition coefficient (Wildman–Crippen LogP) is 3.20. The van der Waals surface area contributed by atoms with Crippen LogP contribution in [-0.4, -0.2) is 44.7 Å². The van der Waals surface area contributed by atoms with Crippen molar-refractivity contribution < 1.29 is 4.79 Å². The number of nitrogens with two attached hydrogens (primary N) is 1. The van der Waals surface area contributed by atoms with Crippen molar-refractivity contribution in [3.63, 3.8) is 0 Å². The third-order valence-corrected chi connectivity index (χ3v) is 6.08. The van der Waals surface area contributed by atoms with Crippen molar-refractivity contribution in [2.45, 2.75) is 25.8 Å². The zero-order valence-corrected chi connectivity index (χ0v) is 16.1. The highest BCUT2D eigenvalue weighted by atomic mass is 32.1. The molecular formula is C20H23N5OS. The van der Waals surface area contributed by atoms with Crippen LogP contribution in [0.15, 0.2) is 48.1 Å². The highest BCUT2D eigenvalue weighted by molar-refractivity contribution is 7.13. The van der Waals surface area contributed by atoms with E-state index in [0.717, 1.165) is 35.6 Å². The van der Waals surface area contributed by atoms with Crippen molar-refractivity contribution in [2.75, 3.05) is 13.1 Å². The Balaban J connectivity index is 1.55. The molecule has 1 fully saturated rings. The summed E-state index contributed by atoms with van der Waals surface area (Å²) in [4.78, 5) is 19.5. The molecule has 0 spiro atoms. The molecule has 2 atom stereocenters. The van der Waals surface area contributed by atoms with Crippen LogP contribution in [0.25, 0.3) is 16.3 Å². The number of nitrogens with zero attached hydrogens (tertiary/aromatic N) is 4. The number of thiazole rings is 1. The molecule has 0 bridgehead atoms. The van der Waals surface area contributed by atoms with E-state index in [9.17, 15) is 4.79 Å². The maximum absolute atomic E-state index is 13.0. The zero-order chi connectivity index (χ0) is 18.8. The van der Waals surface area contributed by atoms with E-state index in [4.69, 9.17) is 5.73 Å². The molecule has 3 heterocycles. The van der Waals surface area contributed by atoms with E-state index >= 15 is 0 Å². The first-order valence-electron chi connectivity index (χ1n) is 9.24. The van der Waals surface area contributed by atoms with Crippen LogP contribution >= 0.6 is 11.3 Å². The van der Waals surface area contributed by atoms with Gasteiger partial charge in [0.25, 0.3) is 5.91 Å². The van der Waals surface area contributed by atoms with Crippen molar-refractivity contribution in [1.82, 2.24) is 19.7 Å². The second-order valence-electron chi connectivity index (χ2n) is 6.97. The minimum absolute atomic E-state index is 0.0186. The first kappa shape index (κ1) is 17.9. The number of hydrogen-bond acceptors (Lipinski definition) is 5. The van der Waals surface area contributed by atoms with Crippen LogP contribution in [0.1, 0.15) is 30.3 Å². The van der Waals surface area contributed by atoms with Gasteiger partial charge in [-0.25, -0.2) is 9.67 Å². The quantitative estimate of drug-likeness (QED) is 0.753. The fraction of sp³-hybridized carbons (Fsp3) is 0.350. The lowest BCUT2D eigenvalue weighted by Crippen LogP contribution is -2.51. The topological polar surface area (TPSA) is 77.0 Å². The standard InChI is InChI=1S/C20H23N5OS/c1-14-6-5-9-24(18(14)10-21)20(26)17-13-27-19(23-17)15-11-22-25(12-15)16-7-3-2-4-8-16/h2-4,7-8,11-14,18H,5-6,9-10,21H2,1H3. The smallest absolute Gasteiger partial charge is 0.273 e. The van der Waals surface area contributed by atoms with Gasteiger partial charge in [-0.1, -0.05) is 25.1 Å². The van der Waals surface area contributed by atoms with E-state index in [0.29, 0.717) is 18.2 Å². The highest BCUT2D eigenvalue weighted by Crippen LogP contribution is 2.28. The molecular weight excluding hydrogens is 358 g/mol. The highest BCUT2D eigenvalue weighted by Gasteiger charge is 2.32. The van der Waals surface area contributed by atoms with Crippen molar-refractivity contribution in [3.8, 4) is 16.3 Å². The van der Waals surface area contributed by atoms with E-state index in [1.807, 2.05) is 51.5 Å². The summed E-state index contributed by atoms with van der Waals surface area (Å²) >= 11 is 1.47. The maximum Gasteiger partial charge on any atom is 0.273 e. The molecule has 1 saturated heterocycles. The molecule has 4 rings (SSSR count). The predicted molar refractivity (Wildman–Crippen MR) is 107 cm³/mol. The van der Waals surface area contributed by atoms with Crippen LogP contribution in [0.3, 0.4) is 0 Å². The number of para-hydroxylation sites is 1. The summed E-state index contributed by atoms with van der Waals surface area (Å²) in [6.45, 7) is 3.42. The van der Waals surface area contributed by atoms with Gasteiger partial charge in [-0.05, 0) is 30.9 Å². The number of benzene rings is 1. The number of carbonyl (C=O) groups excluding carboxylic acids is 1. The van der Waals surface area contributed by atoms with Crippen LogP contribution in [0.4, 0.5) is 0 Å². The first-order valence-corrected chi connectivity index (χ1v) is 10.1. The van der Waals surface area contributed by atoms with Crippen molar-refractivity contribution in [2.24, 2.45) is 11.7 Å². The summed E-state index contributed by atoms with van der Waals surface area (Å²) in [7, 11) is 0. The molecule has 140 valence electrons. The van der Waals surface area contributed by atoms with Gasteiger partial charge < -0.3 is 10.6 Å². The average molecular weight is 382 g/mol. The Hall–Kier alpha value is -2.51. The van der Waals surface area contributed by atoms with Crippen molar-refractivity contribution >= 4 is 17.2 Å².